The van der Waals surface area contributed by atoms with Crippen LogP contribution in [-0.2, 0) is 6.54 Å². The fourth-order valence-corrected chi connectivity index (χ4v) is 4.51. The normalized spacial score (nSPS) is 18.5. The highest BCUT2D eigenvalue weighted by Crippen LogP contribution is 2.27. The van der Waals surface area contributed by atoms with Crippen molar-refractivity contribution < 1.29 is 0 Å². The first-order valence-electron chi connectivity index (χ1n) is 10.9. The molecule has 30 heavy (non-hydrogen) atoms. The summed E-state index contributed by atoms with van der Waals surface area (Å²) in [6.07, 6.45) is 6.17. The van der Waals surface area contributed by atoms with Crippen LogP contribution < -0.4 is 10.5 Å². The van der Waals surface area contributed by atoms with Crippen LogP contribution in [0.15, 0.2) is 29.3 Å². The Balaban J connectivity index is 1.23. The SMILES string of the molecule is Cc1cc(=O)n(CCN2CCC(c3nnc4ccc(N5CCCC5)nn34)CC2)cn1. The summed E-state index contributed by atoms with van der Waals surface area (Å²) in [5.74, 6) is 2.36. The lowest BCUT2D eigenvalue weighted by molar-refractivity contribution is 0.200. The molecule has 0 radical (unpaired) electrons. The number of aryl methyl sites for hydroxylation is 1. The molecule has 0 atom stereocenters. The van der Waals surface area contributed by atoms with Gasteiger partial charge in [-0.05, 0) is 57.8 Å². The monoisotopic (exact) mass is 408 g/mol. The third kappa shape index (κ3) is 3.81. The molecule has 0 aromatic carbocycles. The average Bonchev–Trinajstić information content (AvgIpc) is 3.43. The third-order valence-electron chi connectivity index (χ3n) is 6.33. The molecule has 0 saturated carbocycles. The van der Waals surface area contributed by atoms with Gasteiger partial charge in [-0.3, -0.25) is 9.36 Å². The number of fused-ring (bicyclic) bond motifs is 1. The van der Waals surface area contributed by atoms with Crippen LogP contribution >= 0.6 is 0 Å². The first-order chi connectivity index (χ1) is 14.7. The summed E-state index contributed by atoms with van der Waals surface area (Å²) in [6.45, 7) is 7.50. The molecule has 3 aromatic rings. The van der Waals surface area contributed by atoms with Crippen LogP contribution in [0.3, 0.4) is 0 Å². The van der Waals surface area contributed by atoms with Crippen LogP contribution in [0, 0.1) is 6.92 Å². The first kappa shape index (κ1) is 19.2. The van der Waals surface area contributed by atoms with E-state index in [0.29, 0.717) is 12.5 Å². The molecular weight excluding hydrogens is 380 g/mol. The maximum Gasteiger partial charge on any atom is 0.253 e. The van der Waals surface area contributed by atoms with E-state index < -0.39 is 0 Å². The fourth-order valence-electron chi connectivity index (χ4n) is 4.51. The highest BCUT2D eigenvalue weighted by Gasteiger charge is 2.25. The van der Waals surface area contributed by atoms with Gasteiger partial charge < -0.3 is 9.80 Å². The molecule has 0 aliphatic carbocycles. The number of piperidine rings is 1. The molecule has 9 heteroatoms. The van der Waals surface area contributed by atoms with Crippen molar-refractivity contribution in [3.8, 4) is 0 Å². The van der Waals surface area contributed by atoms with Crippen molar-refractivity contribution in [1.82, 2.24) is 34.3 Å². The van der Waals surface area contributed by atoms with Crippen molar-refractivity contribution in [3.05, 3.63) is 46.4 Å². The van der Waals surface area contributed by atoms with Gasteiger partial charge in [0.2, 0.25) is 0 Å². The number of anilines is 1. The summed E-state index contributed by atoms with van der Waals surface area (Å²) in [7, 11) is 0. The Bertz CT molecular complexity index is 1080. The summed E-state index contributed by atoms with van der Waals surface area (Å²) in [4.78, 5) is 21.0. The second-order valence-corrected chi connectivity index (χ2v) is 8.39. The van der Waals surface area contributed by atoms with Gasteiger partial charge in [0.05, 0.1) is 6.33 Å². The van der Waals surface area contributed by atoms with E-state index in [1.54, 1.807) is 17.0 Å². The summed E-state index contributed by atoms with van der Waals surface area (Å²) in [6, 6.07) is 5.68. The maximum atomic E-state index is 12.0. The zero-order valence-corrected chi connectivity index (χ0v) is 17.4. The lowest BCUT2D eigenvalue weighted by atomic mass is 9.96. The minimum atomic E-state index is 0.0206. The highest BCUT2D eigenvalue weighted by molar-refractivity contribution is 5.46. The van der Waals surface area contributed by atoms with E-state index in [-0.39, 0.29) is 5.56 Å². The Labute approximate surface area is 175 Å². The quantitative estimate of drug-likeness (QED) is 0.632. The molecular formula is C21H28N8O. The Morgan fingerprint density at radius 3 is 2.60 bits per heavy atom. The minimum Gasteiger partial charge on any atom is -0.355 e. The van der Waals surface area contributed by atoms with E-state index in [2.05, 4.69) is 31.0 Å². The number of nitrogens with zero attached hydrogens (tertiary/aromatic N) is 8. The summed E-state index contributed by atoms with van der Waals surface area (Å²) < 4.78 is 3.64. The van der Waals surface area contributed by atoms with Crippen LogP contribution in [0.1, 0.15) is 43.1 Å². The fraction of sp³-hybridized carbons (Fsp3) is 0.571. The largest absolute Gasteiger partial charge is 0.355 e. The smallest absolute Gasteiger partial charge is 0.253 e. The number of hydrogen-bond donors (Lipinski definition) is 0. The molecule has 2 aliphatic rings. The van der Waals surface area contributed by atoms with Crippen LogP contribution in [0.5, 0.6) is 0 Å². The average molecular weight is 409 g/mol. The van der Waals surface area contributed by atoms with Crippen molar-refractivity contribution in [3.63, 3.8) is 0 Å². The zero-order valence-electron chi connectivity index (χ0n) is 17.4. The molecule has 0 bridgehead atoms. The molecule has 9 nitrogen and oxygen atoms in total. The van der Waals surface area contributed by atoms with Gasteiger partial charge in [-0.15, -0.1) is 15.3 Å². The predicted molar refractivity (Wildman–Crippen MR) is 114 cm³/mol. The maximum absolute atomic E-state index is 12.0. The lowest BCUT2D eigenvalue weighted by Gasteiger charge is -2.31. The molecule has 0 amide bonds. The summed E-state index contributed by atoms with van der Waals surface area (Å²) in [5.41, 5.74) is 1.60. The van der Waals surface area contributed by atoms with Gasteiger partial charge in [0.25, 0.3) is 5.56 Å². The highest BCUT2D eigenvalue weighted by atomic mass is 16.1. The zero-order chi connectivity index (χ0) is 20.5. The second-order valence-electron chi connectivity index (χ2n) is 8.39. The van der Waals surface area contributed by atoms with Crippen molar-refractivity contribution >= 4 is 11.5 Å². The molecule has 0 unspecified atom stereocenters. The molecule has 3 aromatic heterocycles. The molecule has 2 fully saturated rings. The Kier molecular flexibility index (Phi) is 5.20. The molecule has 158 valence electrons. The summed E-state index contributed by atoms with van der Waals surface area (Å²) in [5, 5.41) is 13.7. The van der Waals surface area contributed by atoms with Gasteiger partial charge in [0.1, 0.15) is 5.82 Å². The molecule has 2 saturated heterocycles. The Hall–Kier alpha value is -2.81. The van der Waals surface area contributed by atoms with E-state index in [4.69, 9.17) is 5.10 Å². The Morgan fingerprint density at radius 1 is 1.03 bits per heavy atom. The van der Waals surface area contributed by atoms with Crippen LogP contribution in [0.4, 0.5) is 5.82 Å². The molecule has 2 aliphatic heterocycles. The molecule has 0 N–H and O–H groups in total. The van der Waals surface area contributed by atoms with E-state index in [0.717, 1.165) is 68.5 Å². The van der Waals surface area contributed by atoms with Crippen molar-refractivity contribution in [2.75, 3.05) is 37.6 Å². The van der Waals surface area contributed by atoms with Gasteiger partial charge in [0, 0.05) is 43.9 Å². The lowest BCUT2D eigenvalue weighted by Crippen LogP contribution is -2.37. The number of aromatic nitrogens is 6. The number of rotatable bonds is 5. The summed E-state index contributed by atoms with van der Waals surface area (Å²) >= 11 is 0. The number of likely N-dealkylation sites (tertiary alicyclic amines) is 1. The first-order valence-corrected chi connectivity index (χ1v) is 10.9. The van der Waals surface area contributed by atoms with Gasteiger partial charge in [0.15, 0.2) is 11.5 Å². The molecule has 5 heterocycles. The predicted octanol–water partition coefficient (Wildman–Crippen LogP) is 1.47. The van der Waals surface area contributed by atoms with Crippen molar-refractivity contribution in [1.29, 1.82) is 0 Å². The second kappa shape index (κ2) is 8.14. The van der Waals surface area contributed by atoms with Gasteiger partial charge >= 0.3 is 0 Å². The minimum absolute atomic E-state index is 0.0206. The van der Waals surface area contributed by atoms with Crippen molar-refractivity contribution in [2.45, 2.75) is 45.1 Å². The van der Waals surface area contributed by atoms with Gasteiger partial charge in [-0.25, -0.2) is 4.98 Å². The van der Waals surface area contributed by atoms with E-state index in [1.165, 1.54) is 12.8 Å². The van der Waals surface area contributed by atoms with Gasteiger partial charge in [-0.2, -0.15) is 4.52 Å². The van der Waals surface area contributed by atoms with Crippen LogP contribution in [0.25, 0.3) is 5.65 Å². The van der Waals surface area contributed by atoms with Crippen LogP contribution in [0.2, 0.25) is 0 Å². The van der Waals surface area contributed by atoms with E-state index in [9.17, 15) is 4.79 Å². The topological polar surface area (TPSA) is 84.5 Å². The van der Waals surface area contributed by atoms with Crippen molar-refractivity contribution in [2.24, 2.45) is 0 Å². The number of hydrogen-bond acceptors (Lipinski definition) is 7. The molecule has 5 rings (SSSR count). The van der Waals surface area contributed by atoms with E-state index in [1.807, 2.05) is 17.5 Å². The third-order valence-corrected chi connectivity index (χ3v) is 6.33. The van der Waals surface area contributed by atoms with Crippen LogP contribution in [-0.4, -0.2) is 67.0 Å². The Morgan fingerprint density at radius 2 is 1.83 bits per heavy atom. The van der Waals surface area contributed by atoms with Gasteiger partial charge in [-0.1, -0.05) is 0 Å². The van der Waals surface area contributed by atoms with E-state index >= 15 is 0 Å². The molecule has 0 spiro atoms. The standard InChI is InChI=1S/C21H28N8O/c1-16-14-20(30)28(15-22-16)13-12-26-10-6-17(7-11-26)21-24-23-18-4-5-19(25-29(18)21)27-8-2-3-9-27/h4-5,14-15,17H,2-3,6-13H2,1H3.